The van der Waals surface area contributed by atoms with Crippen LogP contribution in [0.15, 0.2) is 48.1 Å². The van der Waals surface area contributed by atoms with Gasteiger partial charge in [-0.05, 0) is 25.1 Å². The van der Waals surface area contributed by atoms with Gasteiger partial charge in [0.2, 0.25) is 5.13 Å². The zero-order chi connectivity index (χ0) is 15.4. The van der Waals surface area contributed by atoms with Crippen LogP contribution in [-0.4, -0.2) is 27.2 Å². The minimum atomic E-state index is -0.0498. The first-order valence-corrected chi connectivity index (χ1v) is 7.89. The van der Waals surface area contributed by atoms with E-state index in [0.29, 0.717) is 18.5 Å². The molecule has 1 amide bonds. The molecule has 1 N–H and O–H groups in total. The average Bonchev–Trinajstić information content (AvgIpc) is 3.18. The van der Waals surface area contributed by atoms with Crippen LogP contribution in [0.5, 0.6) is 0 Å². The van der Waals surface area contributed by atoms with Crippen molar-refractivity contribution >= 4 is 17.2 Å². The number of carbonyl (C=O) groups is 1. The second-order valence-corrected chi connectivity index (χ2v) is 5.78. The number of thiazole rings is 1. The second-order valence-electron chi connectivity index (χ2n) is 4.95. The van der Waals surface area contributed by atoms with Gasteiger partial charge in [-0.25, -0.2) is 9.67 Å². The molecule has 0 saturated heterocycles. The molecule has 0 radical (unpaired) electrons. The Kier molecular flexibility index (Phi) is 4.29. The summed E-state index contributed by atoms with van der Waals surface area (Å²) in [4.78, 5) is 16.5. The number of amides is 1. The van der Waals surface area contributed by atoms with Crippen LogP contribution in [0.4, 0.5) is 0 Å². The third-order valence-corrected chi connectivity index (χ3v) is 4.07. The number of hydrogen-bond acceptors (Lipinski definition) is 4. The molecular formula is C16H16N4OS. The van der Waals surface area contributed by atoms with E-state index in [1.54, 1.807) is 22.2 Å². The molecule has 0 aliphatic rings. The quantitative estimate of drug-likeness (QED) is 0.788. The van der Waals surface area contributed by atoms with Crippen molar-refractivity contribution in [3.8, 4) is 5.13 Å². The van der Waals surface area contributed by atoms with E-state index in [2.05, 4.69) is 15.4 Å². The Morgan fingerprint density at radius 2 is 2.27 bits per heavy atom. The number of hydrogen-bond donors (Lipinski definition) is 1. The third kappa shape index (κ3) is 3.40. The topological polar surface area (TPSA) is 59.8 Å². The molecule has 22 heavy (non-hydrogen) atoms. The van der Waals surface area contributed by atoms with Crippen LogP contribution in [0.2, 0.25) is 0 Å². The molecule has 0 atom stereocenters. The number of aromatic nitrogens is 3. The largest absolute Gasteiger partial charge is 0.352 e. The van der Waals surface area contributed by atoms with Crippen molar-refractivity contribution in [2.75, 3.05) is 6.54 Å². The molecule has 0 fully saturated rings. The van der Waals surface area contributed by atoms with E-state index in [1.165, 1.54) is 0 Å². The zero-order valence-corrected chi connectivity index (χ0v) is 13.0. The predicted octanol–water partition coefficient (Wildman–Crippen LogP) is 2.61. The van der Waals surface area contributed by atoms with Gasteiger partial charge in [0.1, 0.15) is 0 Å². The zero-order valence-electron chi connectivity index (χ0n) is 12.2. The van der Waals surface area contributed by atoms with Crippen molar-refractivity contribution in [3.05, 3.63) is 64.9 Å². The molecule has 5 nitrogen and oxygen atoms in total. The van der Waals surface area contributed by atoms with Gasteiger partial charge < -0.3 is 5.32 Å². The van der Waals surface area contributed by atoms with E-state index in [9.17, 15) is 4.79 Å². The SMILES string of the molecule is Cc1cccc(C(=O)NCCc2csc(-n3cccn3)n2)c1. The molecule has 0 aliphatic carbocycles. The first kappa shape index (κ1) is 14.5. The van der Waals surface area contributed by atoms with Crippen LogP contribution < -0.4 is 5.32 Å². The Bertz CT molecular complexity index is 764. The predicted molar refractivity (Wildman–Crippen MR) is 86.5 cm³/mol. The molecule has 3 rings (SSSR count). The number of nitrogens with one attached hydrogen (secondary N) is 1. The van der Waals surface area contributed by atoms with Gasteiger partial charge in [0, 0.05) is 36.3 Å². The molecule has 0 unspecified atom stereocenters. The Labute approximate surface area is 132 Å². The first-order chi connectivity index (χ1) is 10.7. The fourth-order valence-corrected chi connectivity index (χ4v) is 2.89. The molecule has 0 aliphatic heterocycles. The summed E-state index contributed by atoms with van der Waals surface area (Å²) < 4.78 is 1.74. The smallest absolute Gasteiger partial charge is 0.251 e. The maximum atomic E-state index is 12.0. The molecule has 0 spiro atoms. The Morgan fingerprint density at radius 1 is 1.36 bits per heavy atom. The van der Waals surface area contributed by atoms with Gasteiger partial charge in [0.15, 0.2) is 0 Å². The van der Waals surface area contributed by atoms with Gasteiger partial charge >= 0.3 is 0 Å². The first-order valence-electron chi connectivity index (χ1n) is 7.01. The van der Waals surface area contributed by atoms with Gasteiger partial charge in [-0.3, -0.25) is 4.79 Å². The highest BCUT2D eigenvalue weighted by Gasteiger charge is 2.07. The van der Waals surface area contributed by atoms with Crippen molar-refractivity contribution in [1.82, 2.24) is 20.1 Å². The highest BCUT2D eigenvalue weighted by Crippen LogP contribution is 2.14. The Balaban J connectivity index is 1.54. The summed E-state index contributed by atoms with van der Waals surface area (Å²) in [5.41, 5.74) is 2.73. The van der Waals surface area contributed by atoms with E-state index < -0.39 is 0 Å². The third-order valence-electron chi connectivity index (χ3n) is 3.19. The van der Waals surface area contributed by atoms with E-state index in [-0.39, 0.29) is 5.91 Å². The van der Waals surface area contributed by atoms with Gasteiger partial charge in [-0.1, -0.05) is 17.7 Å². The lowest BCUT2D eigenvalue weighted by atomic mass is 10.1. The summed E-state index contributed by atoms with van der Waals surface area (Å²) >= 11 is 1.54. The van der Waals surface area contributed by atoms with Crippen molar-refractivity contribution in [2.24, 2.45) is 0 Å². The molecule has 3 aromatic rings. The summed E-state index contributed by atoms with van der Waals surface area (Å²) in [5.74, 6) is -0.0498. The molecule has 2 heterocycles. The monoisotopic (exact) mass is 312 g/mol. The maximum Gasteiger partial charge on any atom is 0.251 e. The fourth-order valence-electron chi connectivity index (χ4n) is 2.09. The van der Waals surface area contributed by atoms with E-state index in [0.717, 1.165) is 16.4 Å². The van der Waals surface area contributed by atoms with Gasteiger partial charge in [-0.2, -0.15) is 5.10 Å². The second kappa shape index (κ2) is 6.53. The van der Waals surface area contributed by atoms with Crippen molar-refractivity contribution in [1.29, 1.82) is 0 Å². The van der Waals surface area contributed by atoms with Crippen LogP contribution in [0.25, 0.3) is 5.13 Å². The molecule has 1 aromatic carbocycles. The number of carbonyl (C=O) groups excluding carboxylic acids is 1. The van der Waals surface area contributed by atoms with Crippen molar-refractivity contribution in [2.45, 2.75) is 13.3 Å². The number of nitrogens with zero attached hydrogens (tertiary/aromatic N) is 3. The molecule has 2 aromatic heterocycles. The summed E-state index contributed by atoms with van der Waals surface area (Å²) in [6.07, 6.45) is 4.29. The van der Waals surface area contributed by atoms with Gasteiger partial charge in [0.25, 0.3) is 5.91 Å². The summed E-state index contributed by atoms with van der Waals surface area (Å²) in [6.45, 7) is 2.54. The lowest BCUT2D eigenvalue weighted by Gasteiger charge is -2.04. The van der Waals surface area contributed by atoms with Crippen LogP contribution in [0, 0.1) is 6.92 Å². The van der Waals surface area contributed by atoms with Crippen LogP contribution >= 0.6 is 11.3 Å². The summed E-state index contributed by atoms with van der Waals surface area (Å²) in [5, 5.41) is 9.91. The minimum absolute atomic E-state index is 0.0498. The minimum Gasteiger partial charge on any atom is -0.352 e. The van der Waals surface area contributed by atoms with Crippen molar-refractivity contribution in [3.63, 3.8) is 0 Å². The maximum absolute atomic E-state index is 12.0. The molecule has 6 heteroatoms. The summed E-state index contributed by atoms with van der Waals surface area (Å²) in [7, 11) is 0. The van der Waals surface area contributed by atoms with E-state index in [1.807, 2.05) is 48.8 Å². The Morgan fingerprint density at radius 3 is 3.05 bits per heavy atom. The standard InChI is InChI=1S/C16H16N4OS/c1-12-4-2-5-13(10-12)15(21)17-8-6-14-11-22-16(19-14)20-9-3-7-18-20/h2-5,7,9-11H,6,8H2,1H3,(H,17,21). The van der Waals surface area contributed by atoms with E-state index in [4.69, 9.17) is 0 Å². The average molecular weight is 312 g/mol. The fraction of sp³-hybridized carbons (Fsp3) is 0.188. The molecule has 0 bridgehead atoms. The Hall–Kier alpha value is -2.47. The van der Waals surface area contributed by atoms with Crippen molar-refractivity contribution < 1.29 is 4.79 Å². The van der Waals surface area contributed by atoms with Crippen LogP contribution in [0.3, 0.4) is 0 Å². The number of benzene rings is 1. The number of aryl methyl sites for hydroxylation is 1. The lowest BCUT2D eigenvalue weighted by molar-refractivity contribution is 0.0954. The van der Waals surface area contributed by atoms with Crippen LogP contribution in [0.1, 0.15) is 21.6 Å². The highest BCUT2D eigenvalue weighted by atomic mass is 32.1. The summed E-state index contributed by atoms with van der Waals surface area (Å²) in [6, 6.07) is 9.43. The molecule has 0 saturated carbocycles. The van der Waals surface area contributed by atoms with E-state index >= 15 is 0 Å². The number of rotatable bonds is 5. The molecule has 112 valence electrons. The van der Waals surface area contributed by atoms with Gasteiger partial charge in [-0.15, -0.1) is 11.3 Å². The lowest BCUT2D eigenvalue weighted by Crippen LogP contribution is -2.25. The van der Waals surface area contributed by atoms with Crippen LogP contribution in [-0.2, 0) is 6.42 Å². The van der Waals surface area contributed by atoms with Gasteiger partial charge in [0.05, 0.1) is 5.69 Å². The highest BCUT2D eigenvalue weighted by molar-refractivity contribution is 7.12. The normalized spacial score (nSPS) is 10.6. The molecular weight excluding hydrogens is 296 g/mol.